The van der Waals surface area contributed by atoms with Crippen LogP contribution < -0.4 is 10.2 Å². The van der Waals surface area contributed by atoms with Gasteiger partial charge in [-0.05, 0) is 73.0 Å². The summed E-state index contributed by atoms with van der Waals surface area (Å²) < 4.78 is 13.0. The van der Waals surface area contributed by atoms with Gasteiger partial charge in [0.1, 0.15) is 5.82 Å². The van der Waals surface area contributed by atoms with Crippen LogP contribution in [0.5, 0.6) is 0 Å². The molecule has 0 radical (unpaired) electrons. The SMILES string of the molecule is O=C(CSc1ccc(F)cc1)Nc1ccc2c(c1)CCCN2C(=O)c1ccccc1. The Morgan fingerprint density at radius 1 is 1.00 bits per heavy atom. The molecule has 0 saturated heterocycles. The quantitative estimate of drug-likeness (QED) is 0.581. The molecule has 2 amide bonds. The zero-order valence-corrected chi connectivity index (χ0v) is 17.1. The highest BCUT2D eigenvalue weighted by molar-refractivity contribution is 8.00. The first-order valence-electron chi connectivity index (χ1n) is 9.78. The Morgan fingerprint density at radius 3 is 2.53 bits per heavy atom. The molecule has 1 aliphatic rings. The van der Waals surface area contributed by atoms with Gasteiger partial charge < -0.3 is 10.2 Å². The summed E-state index contributed by atoms with van der Waals surface area (Å²) in [4.78, 5) is 27.9. The van der Waals surface area contributed by atoms with Crippen LogP contribution in [0.2, 0.25) is 0 Å². The van der Waals surface area contributed by atoms with Gasteiger partial charge in [0.25, 0.3) is 5.91 Å². The molecule has 0 saturated carbocycles. The molecular formula is C24H21FN2O2S. The number of hydrogen-bond donors (Lipinski definition) is 1. The van der Waals surface area contributed by atoms with Crippen LogP contribution in [0.25, 0.3) is 0 Å². The molecule has 30 heavy (non-hydrogen) atoms. The van der Waals surface area contributed by atoms with E-state index >= 15 is 0 Å². The fourth-order valence-corrected chi connectivity index (χ4v) is 4.20. The van der Waals surface area contributed by atoms with Gasteiger partial charge in [0.05, 0.1) is 5.75 Å². The number of halogens is 1. The maximum absolute atomic E-state index is 13.0. The highest BCUT2D eigenvalue weighted by Gasteiger charge is 2.23. The van der Waals surface area contributed by atoms with Crippen molar-refractivity contribution >= 4 is 35.0 Å². The summed E-state index contributed by atoms with van der Waals surface area (Å²) >= 11 is 1.36. The number of hydrogen-bond acceptors (Lipinski definition) is 3. The molecule has 1 N–H and O–H groups in total. The van der Waals surface area contributed by atoms with Crippen LogP contribution in [0.15, 0.2) is 77.7 Å². The Balaban J connectivity index is 1.42. The number of anilines is 2. The summed E-state index contributed by atoms with van der Waals surface area (Å²) in [5, 5.41) is 2.91. The molecule has 0 bridgehead atoms. The van der Waals surface area contributed by atoms with Crippen LogP contribution in [0.3, 0.4) is 0 Å². The number of rotatable bonds is 5. The minimum Gasteiger partial charge on any atom is -0.325 e. The van der Waals surface area contributed by atoms with Crippen molar-refractivity contribution in [1.82, 2.24) is 0 Å². The first kappa shape index (κ1) is 20.2. The predicted molar refractivity (Wildman–Crippen MR) is 119 cm³/mol. The van der Waals surface area contributed by atoms with E-state index in [9.17, 15) is 14.0 Å². The Bertz CT molecular complexity index is 1050. The molecule has 1 aliphatic heterocycles. The summed E-state index contributed by atoms with van der Waals surface area (Å²) in [6.45, 7) is 0.681. The molecule has 0 atom stereocenters. The number of benzene rings is 3. The number of amides is 2. The molecule has 0 fully saturated rings. The van der Waals surface area contributed by atoms with Crippen molar-refractivity contribution in [1.29, 1.82) is 0 Å². The lowest BCUT2D eigenvalue weighted by Gasteiger charge is -2.30. The molecule has 1 heterocycles. The van der Waals surface area contributed by atoms with Crippen LogP contribution >= 0.6 is 11.8 Å². The van der Waals surface area contributed by atoms with E-state index in [-0.39, 0.29) is 23.4 Å². The van der Waals surface area contributed by atoms with E-state index in [0.29, 0.717) is 17.8 Å². The summed E-state index contributed by atoms with van der Waals surface area (Å²) in [5.41, 5.74) is 3.33. The second kappa shape index (κ2) is 9.13. The maximum atomic E-state index is 13.0. The number of carbonyl (C=O) groups is 2. The maximum Gasteiger partial charge on any atom is 0.258 e. The Morgan fingerprint density at radius 2 is 1.77 bits per heavy atom. The number of nitrogens with zero attached hydrogens (tertiary/aromatic N) is 1. The zero-order chi connectivity index (χ0) is 20.9. The average Bonchev–Trinajstić information content (AvgIpc) is 2.78. The number of carbonyl (C=O) groups excluding carboxylic acids is 2. The van der Waals surface area contributed by atoms with Crippen LogP contribution in [-0.4, -0.2) is 24.1 Å². The number of thioether (sulfide) groups is 1. The first-order chi connectivity index (χ1) is 14.6. The third-order valence-electron chi connectivity index (χ3n) is 4.93. The van der Waals surface area contributed by atoms with E-state index in [0.717, 1.165) is 29.0 Å². The van der Waals surface area contributed by atoms with Crippen molar-refractivity contribution < 1.29 is 14.0 Å². The summed E-state index contributed by atoms with van der Waals surface area (Å²) in [6, 6.07) is 21.0. The smallest absolute Gasteiger partial charge is 0.258 e. The molecule has 0 spiro atoms. The van der Waals surface area contributed by atoms with Gasteiger partial charge in [-0.15, -0.1) is 11.8 Å². The lowest BCUT2D eigenvalue weighted by molar-refractivity contribution is -0.113. The monoisotopic (exact) mass is 420 g/mol. The van der Waals surface area contributed by atoms with Gasteiger partial charge in [-0.3, -0.25) is 9.59 Å². The standard InChI is InChI=1S/C24H21FN2O2S/c25-19-8-11-21(12-9-19)30-16-23(28)26-20-10-13-22-18(15-20)7-4-14-27(22)24(29)17-5-2-1-3-6-17/h1-3,5-6,8-13,15H,4,7,14,16H2,(H,26,28). The molecule has 6 heteroatoms. The molecule has 0 unspecified atom stereocenters. The third kappa shape index (κ3) is 4.71. The van der Waals surface area contributed by atoms with Crippen molar-refractivity contribution in [2.45, 2.75) is 17.7 Å². The van der Waals surface area contributed by atoms with E-state index in [2.05, 4.69) is 5.32 Å². The molecule has 4 rings (SSSR count). The van der Waals surface area contributed by atoms with E-state index < -0.39 is 0 Å². The van der Waals surface area contributed by atoms with Gasteiger partial charge in [-0.2, -0.15) is 0 Å². The minimum atomic E-state index is -0.294. The molecule has 0 aliphatic carbocycles. The van der Waals surface area contributed by atoms with Crippen LogP contribution in [0, 0.1) is 5.82 Å². The molecular weight excluding hydrogens is 399 g/mol. The second-order valence-corrected chi connectivity index (χ2v) is 8.11. The van der Waals surface area contributed by atoms with Crippen molar-refractivity contribution in [3.63, 3.8) is 0 Å². The van der Waals surface area contributed by atoms with Crippen molar-refractivity contribution in [3.05, 3.63) is 89.7 Å². The molecule has 152 valence electrons. The molecule has 3 aromatic rings. The van der Waals surface area contributed by atoms with Gasteiger partial charge in [0, 0.05) is 28.4 Å². The van der Waals surface area contributed by atoms with E-state index in [1.807, 2.05) is 53.4 Å². The van der Waals surface area contributed by atoms with Crippen LogP contribution in [0.4, 0.5) is 15.8 Å². The minimum absolute atomic E-state index is 0.0102. The van der Waals surface area contributed by atoms with E-state index in [4.69, 9.17) is 0 Å². The highest BCUT2D eigenvalue weighted by atomic mass is 32.2. The van der Waals surface area contributed by atoms with Crippen molar-refractivity contribution in [2.24, 2.45) is 0 Å². The van der Waals surface area contributed by atoms with E-state index in [1.54, 1.807) is 12.1 Å². The Hall–Kier alpha value is -3.12. The zero-order valence-electron chi connectivity index (χ0n) is 16.3. The largest absolute Gasteiger partial charge is 0.325 e. The molecule has 4 nitrogen and oxygen atoms in total. The lowest BCUT2D eigenvalue weighted by atomic mass is 10.00. The molecule has 3 aromatic carbocycles. The fourth-order valence-electron chi connectivity index (χ4n) is 3.50. The van der Waals surface area contributed by atoms with Gasteiger partial charge in [-0.25, -0.2) is 4.39 Å². The summed E-state index contributed by atoms with van der Waals surface area (Å²) in [7, 11) is 0. The van der Waals surface area contributed by atoms with Crippen molar-refractivity contribution in [2.75, 3.05) is 22.5 Å². The normalized spacial score (nSPS) is 12.9. The highest BCUT2D eigenvalue weighted by Crippen LogP contribution is 2.31. The van der Waals surface area contributed by atoms with Crippen molar-refractivity contribution in [3.8, 4) is 0 Å². The van der Waals surface area contributed by atoms with Crippen LogP contribution in [-0.2, 0) is 11.2 Å². The van der Waals surface area contributed by atoms with E-state index in [1.165, 1.54) is 23.9 Å². The first-order valence-corrected chi connectivity index (χ1v) is 10.8. The summed E-state index contributed by atoms with van der Waals surface area (Å²) in [5.74, 6) is -0.194. The number of nitrogens with one attached hydrogen (secondary N) is 1. The van der Waals surface area contributed by atoms with Crippen LogP contribution in [0.1, 0.15) is 22.3 Å². The van der Waals surface area contributed by atoms with Gasteiger partial charge in [0.15, 0.2) is 0 Å². The predicted octanol–water partition coefficient (Wildman–Crippen LogP) is 5.15. The van der Waals surface area contributed by atoms with Gasteiger partial charge in [-0.1, -0.05) is 18.2 Å². The summed E-state index contributed by atoms with van der Waals surface area (Å²) in [6.07, 6.45) is 1.74. The Labute approximate surface area is 179 Å². The second-order valence-electron chi connectivity index (χ2n) is 7.06. The van der Waals surface area contributed by atoms with Gasteiger partial charge >= 0.3 is 0 Å². The number of aryl methyl sites for hydroxylation is 1. The fraction of sp³-hybridized carbons (Fsp3) is 0.167. The average molecular weight is 421 g/mol. The number of fused-ring (bicyclic) bond motifs is 1. The topological polar surface area (TPSA) is 49.4 Å². The molecule has 0 aromatic heterocycles. The lowest BCUT2D eigenvalue weighted by Crippen LogP contribution is -2.35. The third-order valence-corrected chi connectivity index (χ3v) is 5.94. The van der Waals surface area contributed by atoms with Gasteiger partial charge in [0.2, 0.25) is 5.91 Å². The Kier molecular flexibility index (Phi) is 6.14.